The molecule has 0 bridgehead atoms. The van der Waals surface area contributed by atoms with E-state index in [0.717, 1.165) is 25.7 Å². The minimum atomic E-state index is -1.01. The van der Waals surface area contributed by atoms with Crippen LogP contribution in [0, 0.1) is 0 Å². The molecule has 0 amide bonds. The largest absolute Gasteiger partial charge is 0.464 e. The molecule has 0 aliphatic heterocycles. The first-order valence-electron chi connectivity index (χ1n) is 10.2. The topological polar surface area (TPSA) is 46.5 Å². The quantitative estimate of drug-likeness (QED) is 0.206. The molecule has 0 fully saturated rings. The number of rotatable bonds is 16. The van der Waals surface area contributed by atoms with Crippen molar-refractivity contribution in [3.63, 3.8) is 0 Å². The van der Waals surface area contributed by atoms with E-state index in [-0.39, 0.29) is 0 Å². The summed E-state index contributed by atoms with van der Waals surface area (Å²) in [4.78, 5) is 11.4. The van der Waals surface area contributed by atoms with Crippen LogP contribution in [0.4, 0.5) is 0 Å². The van der Waals surface area contributed by atoms with Gasteiger partial charge in [0.1, 0.15) is 0 Å². The summed E-state index contributed by atoms with van der Waals surface area (Å²) in [7, 11) is 0. The number of esters is 1. The van der Waals surface area contributed by atoms with Gasteiger partial charge in [-0.25, -0.2) is 4.79 Å². The molecule has 0 aromatic heterocycles. The fraction of sp³-hybridized carbons (Fsp3) is 0.609. The summed E-state index contributed by atoms with van der Waals surface area (Å²) in [6, 6.07) is 0. The lowest BCUT2D eigenvalue weighted by atomic mass is 10.2. The second-order valence-corrected chi connectivity index (χ2v) is 6.35. The molecule has 26 heavy (non-hydrogen) atoms. The Hall–Kier alpha value is -1.61. The van der Waals surface area contributed by atoms with Crippen molar-refractivity contribution in [3.05, 3.63) is 48.6 Å². The molecule has 0 rings (SSSR count). The number of hydrogen-bond donors (Lipinski definition) is 1. The van der Waals surface area contributed by atoms with Gasteiger partial charge in [-0.05, 0) is 51.4 Å². The number of hydrogen-bond acceptors (Lipinski definition) is 3. The zero-order valence-electron chi connectivity index (χ0n) is 16.7. The molecule has 0 aliphatic carbocycles. The summed E-state index contributed by atoms with van der Waals surface area (Å²) >= 11 is 0. The van der Waals surface area contributed by atoms with Crippen LogP contribution < -0.4 is 0 Å². The van der Waals surface area contributed by atoms with Crippen molar-refractivity contribution in [1.29, 1.82) is 0 Å². The summed E-state index contributed by atoms with van der Waals surface area (Å²) < 4.78 is 4.90. The van der Waals surface area contributed by atoms with Gasteiger partial charge >= 0.3 is 5.97 Å². The maximum absolute atomic E-state index is 11.4. The van der Waals surface area contributed by atoms with Crippen LogP contribution in [0.15, 0.2) is 48.6 Å². The zero-order valence-corrected chi connectivity index (χ0v) is 16.7. The van der Waals surface area contributed by atoms with Crippen molar-refractivity contribution in [2.75, 3.05) is 6.61 Å². The third kappa shape index (κ3) is 17.2. The molecule has 0 radical (unpaired) electrons. The molecule has 3 heteroatoms. The summed E-state index contributed by atoms with van der Waals surface area (Å²) in [6.45, 7) is 4.53. The van der Waals surface area contributed by atoms with Crippen LogP contribution >= 0.6 is 0 Å². The van der Waals surface area contributed by atoms with Gasteiger partial charge in [-0.2, -0.15) is 0 Å². The first kappa shape index (κ1) is 24.4. The van der Waals surface area contributed by atoms with E-state index < -0.39 is 12.1 Å². The fourth-order valence-corrected chi connectivity index (χ4v) is 2.23. The molecule has 0 aromatic rings. The second-order valence-electron chi connectivity index (χ2n) is 6.35. The highest BCUT2D eigenvalue weighted by molar-refractivity contribution is 5.74. The van der Waals surface area contributed by atoms with E-state index in [4.69, 9.17) is 4.74 Å². The monoisotopic (exact) mass is 362 g/mol. The lowest BCUT2D eigenvalue weighted by Crippen LogP contribution is -2.23. The van der Waals surface area contributed by atoms with Crippen LogP contribution in [-0.2, 0) is 9.53 Å². The number of aliphatic hydroxyl groups is 1. The Morgan fingerprint density at radius 1 is 0.808 bits per heavy atom. The highest BCUT2D eigenvalue weighted by atomic mass is 16.5. The molecular weight excluding hydrogens is 324 g/mol. The molecule has 0 saturated heterocycles. The normalized spacial score (nSPS) is 13.5. The Kier molecular flexibility index (Phi) is 18.5. The van der Waals surface area contributed by atoms with Crippen molar-refractivity contribution in [1.82, 2.24) is 0 Å². The van der Waals surface area contributed by atoms with Crippen LogP contribution in [-0.4, -0.2) is 23.8 Å². The van der Waals surface area contributed by atoms with E-state index in [0.29, 0.717) is 19.4 Å². The van der Waals surface area contributed by atoms with Gasteiger partial charge in [0.15, 0.2) is 6.10 Å². The lowest BCUT2D eigenvalue weighted by molar-refractivity contribution is -0.153. The molecule has 0 spiro atoms. The maximum Gasteiger partial charge on any atom is 0.334 e. The van der Waals surface area contributed by atoms with Crippen LogP contribution in [0.2, 0.25) is 0 Å². The van der Waals surface area contributed by atoms with Gasteiger partial charge in [0, 0.05) is 0 Å². The first-order valence-corrected chi connectivity index (χ1v) is 10.2. The van der Waals surface area contributed by atoms with E-state index in [9.17, 15) is 9.90 Å². The molecule has 0 aromatic carbocycles. The van der Waals surface area contributed by atoms with Gasteiger partial charge in [0.05, 0.1) is 6.61 Å². The van der Waals surface area contributed by atoms with Gasteiger partial charge in [-0.15, -0.1) is 0 Å². The second kappa shape index (κ2) is 19.7. The van der Waals surface area contributed by atoms with E-state index in [1.54, 1.807) is 0 Å². The number of allylic oxidation sites excluding steroid dienone is 8. The van der Waals surface area contributed by atoms with Gasteiger partial charge in [-0.3, -0.25) is 0 Å². The SMILES string of the molecule is CCCCCC=CCC=CCC=CCC=CCCC(O)C(=O)OCCC. The Bertz CT molecular complexity index is 433. The molecule has 1 unspecified atom stereocenters. The average Bonchev–Trinajstić information content (AvgIpc) is 2.65. The number of carbonyl (C=O) groups is 1. The Balaban J connectivity index is 3.58. The van der Waals surface area contributed by atoms with Crippen LogP contribution in [0.1, 0.15) is 78.1 Å². The van der Waals surface area contributed by atoms with Gasteiger partial charge in [0.25, 0.3) is 0 Å². The highest BCUT2D eigenvalue weighted by Crippen LogP contribution is 2.03. The first-order chi connectivity index (χ1) is 12.7. The maximum atomic E-state index is 11.4. The summed E-state index contributed by atoms with van der Waals surface area (Å²) in [5.41, 5.74) is 0. The molecular formula is C23H38O3. The smallest absolute Gasteiger partial charge is 0.334 e. The Morgan fingerprint density at radius 3 is 1.88 bits per heavy atom. The Labute approximate surface area is 160 Å². The molecule has 1 atom stereocenters. The minimum absolute atomic E-state index is 0.375. The van der Waals surface area contributed by atoms with Crippen LogP contribution in [0.25, 0.3) is 0 Å². The van der Waals surface area contributed by atoms with Crippen molar-refractivity contribution in [2.24, 2.45) is 0 Å². The molecule has 148 valence electrons. The molecule has 3 nitrogen and oxygen atoms in total. The van der Waals surface area contributed by atoms with Crippen molar-refractivity contribution >= 4 is 5.97 Å². The molecule has 0 heterocycles. The third-order valence-electron chi connectivity index (χ3n) is 3.78. The predicted molar refractivity (Wildman–Crippen MR) is 111 cm³/mol. The molecule has 0 aliphatic rings. The van der Waals surface area contributed by atoms with E-state index >= 15 is 0 Å². The number of aliphatic hydroxyl groups excluding tert-OH is 1. The predicted octanol–water partition coefficient (Wildman–Crippen LogP) is 6.06. The Morgan fingerprint density at radius 2 is 1.35 bits per heavy atom. The number of unbranched alkanes of at least 4 members (excludes halogenated alkanes) is 3. The lowest BCUT2D eigenvalue weighted by Gasteiger charge is -2.08. The van der Waals surface area contributed by atoms with Gasteiger partial charge in [-0.1, -0.05) is 75.3 Å². The van der Waals surface area contributed by atoms with Crippen molar-refractivity contribution in [3.8, 4) is 0 Å². The third-order valence-corrected chi connectivity index (χ3v) is 3.78. The molecule has 1 N–H and O–H groups in total. The summed E-state index contributed by atoms with van der Waals surface area (Å²) in [6.07, 6.45) is 26.1. The van der Waals surface area contributed by atoms with Crippen LogP contribution in [0.3, 0.4) is 0 Å². The van der Waals surface area contributed by atoms with E-state index in [1.165, 1.54) is 25.7 Å². The van der Waals surface area contributed by atoms with E-state index in [1.807, 2.05) is 13.0 Å². The van der Waals surface area contributed by atoms with Crippen molar-refractivity contribution < 1.29 is 14.6 Å². The van der Waals surface area contributed by atoms with Crippen molar-refractivity contribution in [2.45, 2.75) is 84.2 Å². The van der Waals surface area contributed by atoms with E-state index in [2.05, 4.69) is 49.5 Å². The highest BCUT2D eigenvalue weighted by Gasteiger charge is 2.14. The number of carbonyl (C=O) groups excluding carboxylic acids is 1. The van der Waals surface area contributed by atoms with Gasteiger partial charge in [0.2, 0.25) is 0 Å². The van der Waals surface area contributed by atoms with Gasteiger partial charge < -0.3 is 9.84 Å². The summed E-state index contributed by atoms with van der Waals surface area (Å²) in [5, 5.41) is 9.62. The molecule has 0 saturated carbocycles. The fourth-order valence-electron chi connectivity index (χ4n) is 2.23. The minimum Gasteiger partial charge on any atom is -0.464 e. The number of ether oxygens (including phenoxy) is 1. The zero-order chi connectivity index (χ0) is 19.3. The standard InChI is InChI=1S/C23H38O3/c1-3-5-6-7-8-9-10-11-12-13-14-15-16-17-18-19-20-22(24)23(25)26-21-4-2/h8-9,11-12,14-15,17-18,22,24H,3-7,10,13,16,19-21H2,1-2H3. The van der Waals surface area contributed by atoms with Crippen LogP contribution in [0.5, 0.6) is 0 Å². The average molecular weight is 363 g/mol. The summed E-state index contributed by atoms with van der Waals surface area (Å²) in [5.74, 6) is -0.511.